The van der Waals surface area contributed by atoms with Crippen LogP contribution in [-0.2, 0) is 4.79 Å². The summed E-state index contributed by atoms with van der Waals surface area (Å²) in [5.74, 6) is 0.954. The fraction of sp³-hybridized carbons (Fsp3) is 0.923. The van der Waals surface area contributed by atoms with Crippen LogP contribution in [0.15, 0.2) is 0 Å². The Morgan fingerprint density at radius 1 is 1.24 bits per heavy atom. The Morgan fingerprint density at radius 3 is 2.41 bits per heavy atom. The summed E-state index contributed by atoms with van der Waals surface area (Å²) in [6, 6.07) is 0. The van der Waals surface area contributed by atoms with Crippen molar-refractivity contribution in [2.24, 2.45) is 5.92 Å². The Balaban J connectivity index is 2.12. The number of hydrogen-bond acceptors (Lipinski definition) is 3. The molecule has 0 aliphatic carbocycles. The van der Waals surface area contributed by atoms with Crippen LogP contribution in [-0.4, -0.2) is 61.5 Å². The number of piperazine rings is 1. The molecule has 0 aromatic heterocycles. The molecular weight excluding hydrogens is 214 g/mol. The van der Waals surface area contributed by atoms with Crippen LogP contribution < -0.4 is 5.32 Å². The summed E-state index contributed by atoms with van der Waals surface area (Å²) in [7, 11) is 0. The predicted molar refractivity (Wildman–Crippen MR) is 71.0 cm³/mol. The van der Waals surface area contributed by atoms with Gasteiger partial charge >= 0.3 is 0 Å². The van der Waals surface area contributed by atoms with E-state index in [0.29, 0.717) is 18.2 Å². The Bertz CT molecular complexity index is 223. The first-order valence-corrected chi connectivity index (χ1v) is 6.84. The van der Waals surface area contributed by atoms with E-state index in [0.717, 1.165) is 45.8 Å². The molecule has 1 aliphatic rings. The summed E-state index contributed by atoms with van der Waals surface area (Å²) in [6.45, 7) is 13.3. The summed E-state index contributed by atoms with van der Waals surface area (Å²) < 4.78 is 0. The van der Waals surface area contributed by atoms with Gasteiger partial charge in [-0.3, -0.25) is 4.79 Å². The average Bonchev–Trinajstić information content (AvgIpc) is 2.34. The molecule has 0 aromatic rings. The molecule has 1 fully saturated rings. The van der Waals surface area contributed by atoms with Crippen molar-refractivity contribution in [3.05, 3.63) is 0 Å². The zero-order chi connectivity index (χ0) is 12.7. The molecule has 1 heterocycles. The van der Waals surface area contributed by atoms with E-state index in [1.165, 1.54) is 0 Å². The first-order chi connectivity index (χ1) is 8.13. The number of nitrogens with one attached hydrogen (secondary N) is 1. The molecule has 1 saturated heterocycles. The van der Waals surface area contributed by atoms with Crippen molar-refractivity contribution in [1.29, 1.82) is 0 Å². The molecule has 1 amide bonds. The highest BCUT2D eigenvalue weighted by atomic mass is 16.2. The number of rotatable bonds is 6. The van der Waals surface area contributed by atoms with Gasteiger partial charge in [-0.05, 0) is 19.0 Å². The Kier molecular flexibility index (Phi) is 6.52. The fourth-order valence-electron chi connectivity index (χ4n) is 2.06. The molecular formula is C13H27N3O. The third-order valence-electron chi connectivity index (χ3n) is 3.24. The van der Waals surface area contributed by atoms with Crippen molar-refractivity contribution in [3.63, 3.8) is 0 Å². The minimum Gasteiger partial charge on any atom is -0.340 e. The highest BCUT2D eigenvalue weighted by Gasteiger charge is 2.19. The van der Waals surface area contributed by atoms with Crippen molar-refractivity contribution in [2.45, 2.75) is 27.2 Å². The van der Waals surface area contributed by atoms with E-state index < -0.39 is 0 Å². The maximum atomic E-state index is 11.9. The molecule has 0 radical (unpaired) electrons. The van der Waals surface area contributed by atoms with Gasteiger partial charge in [-0.2, -0.15) is 0 Å². The number of amides is 1. The monoisotopic (exact) mass is 241 g/mol. The first kappa shape index (κ1) is 14.5. The minimum atomic E-state index is 0.303. The second-order valence-corrected chi connectivity index (χ2v) is 5.16. The van der Waals surface area contributed by atoms with Gasteiger partial charge in [0.25, 0.3) is 0 Å². The van der Waals surface area contributed by atoms with Crippen LogP contribution in [0.5, 0.6) is 0 Å². The highest BCUT2D eigenvalue weighted by molar-refractivity contribution is 5.76. The van der Waals surface area contributed by atoms with Gasteiger partial charge in [0.1, 0.15) is 0 Å². The van der Waals surface area contributed by atoms with Gasteiger partial charge in [-0.1, -0.05) is 20.8 Å². The van der Waals surface area contributed by atoms with Gasteiger partial charge in [0.15, 0.2) is 0 Å². The summed E-state index contributed by atoms with van der Waals surface area (Å²) in [5, 5.41) is 3.32. The van der Waals surface area contributed by atoms with Crippen LogP contribution >= 0.6 is 0 Å². The largest absolute Gasteiger partial charge is 0.340 e. The zero-order valence-electron chi connectivity index (χ0n) is 11.5. The van der Waals surface area contributed by atoms with E-state index >= 15 is 0 Å². The van der Waals surface area contributed by atoms with E-state index in [4.69, 9.17) is 0 Å². The number of carbonyl (C=O) groups is 1. The van der Waals surface area contributed by atoms with Gasteiger partial charge in [0.05, 0.1) is 0 Å². The summed E-state index contributed by atoms with van der Waals surface area (Å²) in [4.78, 5) is 16.3. The highest BCUT2D eigenvalue weighted by Crippen LogP contribution is 2.03. The summed E-state index contributed by atoms with van der Waals surface area (Å²) in [6.07, 6.45) is 0.638. The Labute approximate surface area is 105 Å². The smallest absolute Gasteiger partial charge is 0.223 e. The lowest BCUT2D eigenvalue weighted by Gasteiger charge is -2.34. The van der Waals surface area contributed by atoms with Crippen molar-refractivity contribution >= 4 is 5.91 Å². The molecule has 100 valence electrons. The van der Waals surface area contributed by atoms with Crippen molar-refractivity contribution in [1.82, 2.24) is 15.1 Å². The molecule has 0 bridgehead atoms. The number of likely N-dealkylation sites (N-methyl/N-ethyl adjacent to an activating group) is 1. The lowest BCUT2D eigenvalue weighted by Crippen LogP contribution is -2.48. The molecule has 4 nitrogen and oxygen atoms in total. The molecule has 0 aromatic carbocycles. The van der Waals surface area contributed by atoms with E-state index in [1.807, 2.05) is 4.90 Å². The standard InChI is InChI=1S/C13H27N3O/c1-4-15-7-9-16(10-8-15)13(17)5-6-14-11-12(2)3/h12,14H,4-11H2,1-3H3. The van der Waals surface area contributed by atoms with Gasteiger partial charge < -0.3 is 15.1 Å². The fourth-order valence-corrected chi connectivity index (χ4v) is 2.06. The SMILES string of the molecule is CCN1CCN(C(=O)CCNCC(C)C)CC1. The molecule has 1 rings (SSSR count). The van der Waals surface area contributed by atoms with Crippen LogP contribution in [0.4, 0.5) is 0 Å². The number of nitrogens with zero attached hydrogens (tertiary/aromatic N) is 2. The maximum Gasteiger partial charge on any atom is 0.223 e. The van der Waals surface area contributed by atoms with E-state index in [-0.39, 0.29) is 0 Å². The van der Waals surface area contributed by atoms with Gasteiger partial charge in [-0.15, -0.1) is 0 Å². The molecule has 0 unspecified atom stereocenters. The van der Waals surface area contributed by atoms with Crippen LogP contribution in [0.25, 0.3) is 0 Å². The van der Waals surface area contributed by atoms with Crippen molar-refractivity contribution in [3.8, 4) is 0 Å². The normalized spacial score (nSPS) is 17.8. The predicted octanol–water partition coefficient (Wildman–Crippen LogP) is 0.786. The Hall–Kier alpha value is -0.610. The Morgan fingerprint density at radius 2 is 1.88 bits per heavy atom. The van der Waals surface area contributed by atoms with Crippen LogP contribution in [0.3, 0.4) is 0 Å². The van der Waals surface area contributed by atoms with Crippen molar-refractivity contribution in [2.75, 3.05) is 45.8 Å². The number of carbonyl (C=O) groups excluding carboxylic acids is 1. The van der Waals surface area contributed by atoms with Gasteiger partial charge in [-0.25, -0.2) is 0 Å². The second kappa shape index (κ2) is 7.67. The molecule has 4 heteroatoms. The van der Waals surface area contributed by atoms with Crippen LogP contribution in [0.1, 0.15) is 27.2 Å². The topological polar surface area (TPSA) is 35.6 Å². The lowest BCUT2D eigenvalue weighted by atomic mass is 10.2. The molecule has 0 spiro atoms. The zero-order valence-corrected chi connectivity index (χ0v) is 11.5. The molecule has 0 atom stereocenters. The second-order valence-electron chi connectivity index (χ2n) is 5.16. The molecule has 0 saturated carbocycles. The number of hydrogen-bond donors (Lipinski definition) is 1. The maximum absolute atomic E-state index is 11.9. The van der Waals surface area contributed by atoms with Crippen LogP contribution in [0.2, 0.25) is 0 Å². The van der Waals surface area contributed by atoms with E-state index in [2.05, 4.69) is 31.0 Å². The average molecular weight is 241 g/mol. The third kappa shape index (κ3) is 5.50. The van der Waals surface area contributed by atoms with Crippen molar-refractivity contribution < 1.29 is 4.79 Å². The summed E-state index contributed by atoms with van der Waals surface area (Å²) in [5.41, 5.74) is 0. The van der Waals surface area contributed by atoms with Gasteiger partial charge in [0, 0.05) is 39.1 Å². The molecule has 17 heavy (non-hydrogen) atoms. The van der Waals surface area contributed by atoms with E-state index in [9.17, 15) is 4.79 Å². The van der Waals surface area contributed by atoms with Gasteiger partial charge in [0.2, 0.25) is 5.91 Å². The third-order valence-corrected chi connectivity index (χ3v) is 3.24. The quantitative estimate of drug-likeness (QED) is 0.698. The van der Waals surface area contributed by atoms with Crippen LogP contribution in [0, 0.1) is 5.92 Å². The van der Waals surface area contributed by atoms with E-state index in [1.54, 1.807) is 0 Å². The lowest BCUT2D eigenvalue weighted by molar-refractivity contribution is -0.132. The first-order valence-electron chi connectivity index (χ1n) is 6.84. The molecule has 1 N–H and O–H groups in total. The summed E-state index contributed by atoms with van der Waals surface area (Å²) >= 11 is 0. The molecule has 1 aliphatic heterocycles. The minimum absolute atomic E-state index is 0.303.